The number of anilines is 1. The summed E-state index contributed by atoms with van der Waals surface area (Å²) in [4.78, 5) is 1.21. The molecule has 106 valence electrons. The van der Waals surface area contributed by atoms with Crippen molar-refractivity contribution < 1.29 is 4.74 Å². The highest BCUT2D eigenvalue weighted by Crippen LogP contribution is 2.37. The lowest BCUT2D eigenvalue weighted by atomic mass is 10.2. The van der Waals surface area contributed by atoms with E-state index >= 15 is 0 Å². The number of nitrogens with zero attached hydrogens (tertiary/aromatic N) is 2. The molecule has 0 unspecified atom stereocenters. The first-order chi connectivity index (χ1) is 10.4. The highest BCUT2D eigenvalue weighted by Gasteiger charge is 2.25. The Hall–Kier alpha value is -2.27. The van der Waals surface area contributed by atoms with Crippen LogP contribution in [-0.4, -0.2) is 23.4 Å². The molecule has 0 spiro atoms. The molecule has 0 aliphatic carbocycles. The van der Waals surface area contributed by atoms with Crippen molar-refractivity contribution in [3.63, 3.8) is 0 Å². The molecule has 1 aromatic carbocycles. The van der Waals surface area contributed by atoms with Gasteiger partial charge in [-0.1, -0.05) is 18.2 Å². The Morgan fingerprint density at radius 3 is 2.95 bits per heavy atom. The molecule has 1 N–H and O–H groups in total. The van der Waals surface area contributed by atoms with Crippen LogP contribution in [0, 0.1) is 0 Å². The minimum Gasteiger partial charge on any atom is -0.494 e. The number of methoxy groups -OCH3 is 1. The highest BCUT2D eigenvalue weighted by atomic mass is 32.1. The number of para-hydroxylation sites is 2. The molecule has 0 saturated carbocycles. The zero-order valence-corrected chi connectivity index (χ0v) is 12.5. The van der Waals surface area contributed by atoms with E-state index < -0.39 is 0 Å². The summed E-state index contributed by atoms with van der Waals surface area (Å²) >= 11 is 1.73. The lowest BCUT2D eigenvalue weighted by molar-refractivity contribution is 0.412. The molecule has 0 radical (unpaired) electrons. The summed E-state index contributed by atoms with van der Waals surface area (Å²) < 4.78 is 7.44. The third kappa shape index (κ3) is 1.93. The lowest BCUT2D eigenvalue weighted by Crippen LogP contribution is -2.05. The summed E-state index contributed by atoms with van der Waals surface area (Å²) in [6, 6.07) is 12.2. The van der Waals surface area contributed by atoms with Crippen LogP contribution in [0.3, 0.4) is 0 Å². The van der Waals surface area contributed by atoms with Crippen LogP contribution in [-0.2, 0) is 6.42 Å². The van der Waals surface area contributed by atoms with E-state index in [4.69, 9.17) is 9.84 Å². The Kier molecular flexibility index (Phi) is 2.93. The van der Waals surface area contributed by atoms with Crippen molar-refractivity contribution in [2.75, 3.05) is 19.0 Å². The topological polar surface area (TPSA) is 39.1 Å². The second-order valence-electron chi connectivity index (χ2n) is 4.91. The molecular formula is C16H15N3OS. The summed E-state index contributed by atoms with van der Waals surface area (Å²) in [6.07, 6.45) is 1.01. The molecule has 21 heavy (non-hydrogen) atoms. The molecule has 0 amide bonds. The quantitative estimate of drug-likeness (QED) is 0.803. The zero-order chi connectivity index (χ0) is 14.2. The molecule has 1 aliphatic heterocycles. The van der Waals surface area contributed by atoms with E-state index in [9.17, 15) is 0 Å². The van der Waals surface area contributed by atoms with Crippen molar-refractivity contribution in [3.05, 3.63) is 47.3 Å². The first-order valence-corrected chi connectivity index (χ1v) is 7.79. The van der Waals surface area contributed by atoms with E-state index in [1.54, 1.807) is 18.4 Å². The first-order valence-electron chi connectivity index (χ1n) is 6.91. The maximum absolute atomic E-state index is 5.47. The van der Waals surface area contributed by atoms with E-state index in [2.05, 4.69) is 22.8 Å². The van der Waals surface area contributed by atoms with Crippen molar-refractivity contribution in [1.29, 1.82) is 0 Å². The van der Waals surface area contributed by atoms with Crippen LogP contribution < -0.4 is 10.1 Å². The number of aromatic nitrogens is 2. The van der Waals surface area contributed by atoms with Crippen LogP contribution in [0.4, 0.5) is 5.82 Å². The maximum Gasteiger partial charge on any atom is 0.144 e. The average molecular weight is 297 g/mol. The number of thiophene rings is 1. The van der Waals surface area contributed by atoms with Gasteiger partial charge in [0.05, 0.1) is 12.0 Å². The SMILES string of the molecule is COc1ccccc1-n1nc(-c2cccs2)c2c1NCC2. The van der Waals surface area contributed by atoms with Crippen LogP contribution in [0.15, 0.2) is 41.8 Å². The highest BCUT2D eigenvalue weighted by molar-refractivity contribution is 7.13. The van der Waals surface area contributed by atoms with Crippen LogP contribution in [0.5, 0.6) is 5.75 Å². The van der Waals surface area contributed by atoms with Crippen molar-refractivity contribution in [2.24, 2.45) is 0 Å². The zero-order valence-electron chi connectivity index (χ0n) is 11.7. The largest absolute Gasteiger partial charge is 0.494 e. The van der Waals surface area contributed by atoms with Gasteiger partial charge in [-0.15, -0.1) is 11.3 Å². The number of hydrogen-bond acceptors (Lipinski definition) is 4. The van der Waals surface area contributed by atoms with Gasteiger partial charge < -0.3 is 10.1 Å². The molecular weight excluding hydrogens is 282 g/mol. The van der Waals surface area contributed by atoms with Gasteiger partial charge in [-0.3, -0.25) is 0 Å². The van der Waals surface area contributed by atoms with Crippen LogP contribution in [0.25, 0.3) is 16.3 Å². The smallest absolute Gasteiger partial charge is 0.144 e. The Balaban J connectivity index is 1.93. The van der Waals surface area contributed by atoms with Gasteiger partial charge in [0.1, 0.15) is 22.9 Å². The number of hydrogen-bond donors (Lipinski definition) is 1. The Morgan fingerprint density at radius 1 is 1.24 bits per heavy atom. The van der Waals surface area contributed by atoms with Gasteiger partial charge in [0.2, 0.25) is 0 Å². The third-order valence-corrected chi connectivity index (χ3v) is 4.60. The number of benzene rings is 1. The van der Waals surface area contributed by atoms with Crippen molar-refractivity contribution in [2.45, 2.75) is 6.42 Å². The van der Waals surface area contributed by atoms with Gasteiger partial charge in [-0.05, 0) is 30.0 Å². The minimum absolute atomic E-state index is 0.828. The molecule has 4 nitrogen and oxygen atoms in total. The van der Waals surface area contributed by atoms with E-state index in [-0.39, 0.29) is 0 Å². The molecule has 0 saturated heterocycles. The predicted octanol–water partition coefficient (Wildman–Crippen LogP) is 3.58. The van der Waals surface area contributed by atoms with Gasteiger partial charge in [0, 0.05) is 12.1 Å². The van der Waals surface area contributed by atoms with Crippen LogP contribution in [0.2, 0.25) is 0 Å². The fourth-order valence-corrected chi connectivity index (χ4v) is 3.50. The summed E-state index contributed by atoms with van der Waals surface area (Å²) in [5.74, 6) is 1.91. The molecule has 0 atom stereocenters. The average Bonchev–Trinajstić information content (AvgIpc) is 3.24. The standard InChI is InChI=1S/C16H15N3OS/c1-20-13-6-3-2-5-12(13)19-16-11(8-9-17-16)15(18-19)14-7-4-10-21-14/h2-7,10,17H,8-9H2,1H3. The fraction of sp³-hybridized carbons (Fsp3) is 0.188. The van der Waals surface area contributed by atoms with Crippen LogP contribution in [0.1, 0.15) is 5.56 Å². The minimum atomic E-state index is 0.828. The summed E-state index contributed by atoms with van der Waals surface area (Å²) in [7, 11) is 1.69. The summed E-state index contributed by atoms with van der Waals surface area (Å²) in [6.45, 7) is 0.959. The monoisotopic (exact) mass is 297 g/mol. The molecule has 5 heteroatoms. The molecule has 0 fully saturated rings. The second-order valence-corrected chi connectivity index (χ2v) is 5.86. The van der Waals surface area contributed by atoms with Crippen molar-refractivity contribution >= 4 is 17.2 Å². The molecule has 4 rings (SSSR count). The predicted molar refractivity (Wildman–Crippen MR) is 85.6 cm³/mol. The normalized spacial score (nSPS) is 13.0. The molecule has 3 aromatic rings. The number of rotatable bonds is 3. The Bertz CT molecular complexity index is 777. The third-order valence-electron chi connectivity index (χ3n) is 3.72. The number of nitrogens with one attached hydrogen (secondary N) is 1. The van der Waals surface area contributed by atoms with Crippen LogP contribution >= 0.6 is 11.3 Å². The molecule has 1 aliphatic rings. The fourth-order valence-electron chi connectivity index (χ4n) is 2.76. The summed E-state index contributed by atoms with van der Waals surface area (Å²) in [5, 5.41) is 10.4. The lowest BCUT2D eigenvalue weighted by Gasteiger charge is -2.10. The Morgan fingerprint density at radius 2 is 2.14 bits per heavy atom. The van der Waals surface area contributed by atoms with Gasteiger partial charge in [-0.2, -0.15) is 5.10 Å². The van der Waals surface area contributed by atoms with Crippen molar-refractivity contribution in [1.82, 2.24) is 9.78 Å². The van der Waals surface area contributed by atoms with E-state index in [0.29, 0.717) is 0 Å². The van der Waals surface area contributed by atoms with Gasteiger partial charge >= 0.3 is 0 Å². The van der Waals surface area contributed by atoms with E-state index in [1.165, 1.54) is 10.4 Å². The first kappa shape index (κ1) is 12.5. The maximum atomic E-state index is 5.47. The van der Waals surface area contributed by atoms with E-state index in [1.807, 2.05) is 28.9 Å². The van der Waals surface area contributed by atoms with E-state index in [0.717, 1.165) is 35.9 Å². The molecule has 3 heterocycles. The number of ether oxygens (including phenoxy) is 1. The second kappa shape index (κ2) is 4.93. The van der Waals surface area contributed by atoms with Crippen molar-refractivity contribution in [3.8, 4) is 22.0 Å². The van der Waals surface area contributed by atoms with Gasteiger partial charge in [-0.25, -0.2) is 4.68 Å². The molecule has 2 aromatic heterocycles. The summed E-state index contributed by atoms with van der Waals surface area (Å²) in [5.41, 5.74) is 3.34. The molecule has 0 bridgehead atoms. The Labute approximate surface area is 127 Å². The van der Waals surface area contributed by atoms with Gasteiger partial charge in [0.15, 0.2) is 0 Å². The number of fused-ring (bicyclic) bond motifs is 1. The van der Waals surface area contributed by atoms with Gasteiger partial charge in [0.25, 0.3) is 0 Å².